The molecule has 1 aromatic carbocycles. The molecule has 0 unspecified atom stereocenters. The highest BCUT2D eigenvalue weighted by atomic mass is 32.2. The molecule has 0 amide bonds. The number of nitrogens with zero attached hydrogens (tertiary/aromatic N) is 1. The van der Waals surface area contributed by atoms with Crippen LogP contribution < -0.4 is 4.90 Å². The predicted molar refractivity (Wildman–Crippen MR) is 91.6 cm³/mol. The van der Waals surface area contributed by atoms with Crippen LogP contribution in [0.15, 0.2) is 29.2 Å². The van der Waals surface area contributed by atoms with E-state index in [0.29, 0.717) is 0 Å². The molecule has 0 saturated heterocycles. The van der Waals surface area contributed by atoms with Gasteiger partial charge in [0.25, 0.3) is 0 Å². The summed E-state index contributed by atoms with van der Waals surface area (Å²) in [5.41, 5.74) is 1.47. The Bertz CT molecular complexity index is 372. The van der Waals surface area contributed by atoms with Crippen molar-refractivity contribution in [2.45, 2.75) is 70.6 Å². The summed E-state index contributed by atoms with van der Waals surface area (Å²) in [6.07, 6.45) is 0. The van der Waals surface area contributed by atoms with Crippen molar-refractivity contribution in [3.8, 4) is 0 Å². The predicted octanol–water partition coefficient (Wildman–Crippen LogP) is 5.84. The van der Waals surface area contributed by atoms with Crippen LogP contribution in [-0.2, 0) is 0 Å². The topological polar surface area (TPSA) is 3.24 Å². The zero-order valence-corrected chi connectivity index (χ0v) is 15.0. The molecule has 0 aliphatic heterocycles. The van der Waals surface area contributed by atoms with Crippen LogP contribution in [0.5, 0.6) is 0 Å². The molecule has 0 aromatic heterocycles. The van der Waals surface area contributed by atoms with E-state index in [1.807, 2.05) is 25.6 Å². The number of hydrogen-bond acceptors (Lipinski definition) is 2. The number of benzene rings is 1. The number of rotatable bonds is 2. The molecule has 0 saturated carbocycles. The maximum absolute atomic E-state index is 2.35. The maximum Gasteiger partial charge on any atom is 0.0506 e. The Morgan fingerprint density at radius 2 is 1.37 bits per heavy atom. The van der Waals surface area contributed by atoms with E-state index in [2.05, 4.69) is 77.8 Å². The van der Waals surface area contributed by atoms with Crippen molar-refractivity contribution < 1.29 is 0 Å². The van der Waals surface area contributed by atoms with E-state index in [0.717, 1.165) is 0 Å². The molecule has 0 N–H and O–H groups in total. The lowest BCUT2D eigenvalue weighted by atomic mass is 10.1. The number of hydrogen-bond donors (Lipinski definition) is 0. The third kappa shape index (κ3) is 6.38. The van der Waals surface area contributed by atoms with Crippen molar-refractivity contribution in [3.05, 3.63) is 24.3 Å². The van der Waals surface area contributed by atoms with E-state index in [1.54, 1.807) is 0 Å². The molecule has 1 rings (SSSR count). The van der Waals surface area contributed by atoms with E-state index in [4.69, 9.17) is 0 Å². The standard InChI is InChI=1S/C15H25NS.C2H6/c1-14(2,3)16(7)12-10-8-9-11-13(12)17-15(4,5)6;1-2/h8-11H,1-7H3;1-2H3. The first kappa shape index (κ1) is 18.4. The van der Waals surface area contributed by atoms with Gasteiger partial charge < -0.3 is 4.90 Å². The lowest BCUT2D eigenvalue weighted by Gasteiger charge is -2.36. The van der Waals surface area contributed by atoms with E-state index >= 15 is 0 Å². The third-order valence-corrected chi connectivity index (χ3v) is 3.83. The van der Waals surface area contributed by atoms with Gasteiger partial charge in [0.2, 0.25) is 0 Å². The van der Waals surface area contributed by atoms with Gasteiger partial charge in [0.05, 0.1) is 5.69 Å². The Kier molecular flexibility index (Phi) is 6.99. The molecule has 0 aliphatic rings. The van der Waals surface area contributed by atoms with Gasteiger partial charge in [-0.1, -0.05) is 46.8 Å². The lowest BCUT2D eigenvalue weighted by molar-refractivity contribution is 0.536. The van der Waals surface area contributed by atoms with E-state index < -0.39 is 0 Å². The molecule has 110 valence electrons. The summed E-state index contributed by atoms with van der Waals surface area (Å²) < 4.78 is 0.245. The van der Waals surface area contributed by atoms with Gasteiger partial charge in [-0.25, -0.2) is 0 Å². The second-order valence-corrected chi connectivity index (χ2v) is 8.28. The van der Waals surface area contributed by atoms with Gasteiger partial charge in [-0.05, 0) is 32.9 Å². The Morgan fingerprint density at radius 3 is 1.79 bits per heavy atom. The van der Waals surface area contributed by atoms with Crippen molar-refractivity contribution >= 4 is 17.4 Å². The van der Waals surface area contributed by atoms with Gasteiger partial charge in [0.15, 0.2) is 0 Å². The van der Waals surface area contributed by atoms with Crippen LogP contribution in [-0.4, -0.2) is 17.3 Å². The van der Waals surface area contributed by atoms with Crippen LogP contribution in [0.3, 0.4) is 0 Å². The highest BCUT2D eigenvalue weighted by molar-refractivity contribution is 8.00. The highest BCUT2D eigenvalue weighted by Gasteiger charge is 2.22. The normalized spacial score (nSPS) is 11.6. The molecule has 1 nitrogen and oxygen atoms in total. The van der Waals surface area contributed by atoms with Gasteiger partial charge in [0, 0.05) is 22.2 Å². The Hall–Kier alpha value is -0.630. The Morgan fingerprint density at radius 1 is 0.895 bits per heavy atom. The van der Waals surface area contributed by atoms with E-state index in [-0.39, 0.29) is 10.3 Å². The molecule has 0 fully saturated rings. The van der Waals surface area contributed by atoms with Crippen LogP contribution in [0.1, 0.15) is 55.4 Å². The summed E-state index contributed by atoms with van der Waals surface area (Å²) in [7, 11) is 2.17. The summed E-state index contributed by atoms with van der Waals surface area (Å²) >= 11 is 1.93. The number of thioether (sulfide) groups is 1. The average Bonchev–Trinajstić information content (AvgIpc) is 2.28. The second-order valence-electron chi connectivity index (χ2n) is 6.41. The molecule has 0 atom stereocenters. The Balaban J connectivity index is 0.00000154. The summed E-state index contributed by atoms with van der Waals surface area (Å²) in [5, 5.41) is 0. The molecule has 0 heterocycles. The van der Waals surface area contributed by atoms with Crippen molar-refractivity contribution in [1.29, 1.82) is 0 Å². The van der Waals surface area contributed by atoms with Gasteiger partial charge >= 0.3 is 0 Å². The largest absolute Gasteiger partial charge is 0.369 e. The fourth-order valence-electron chi connectivity index (χ4n) is 1.51. The zero-order valence-electron chi connectivity index (χ0n) is 14.2. The van der Waals surface area contributed by atoms with Gasteiger partial charge in [-0.3, -0.25) is 0 Å². The summed E-state index contributed by atoms with van der Waals surface area (Å²) in [5.74, 6) is 0. The SMILES string of the molecule is CC.CN(c1ccccc1SC(C)(C)C)C(C)(C)C. The van der Waals surface area contributed by atoms with Crippen molar-refractivity contribution in [2.24, 2.45) is 0 Å². The minimum Gasteiger partial charge on any atom is -0.369 e. The highest BCUT2D eigenvalue weighted by Crippen LogP contribution is 2.39. The first-order valence-corrected chi connectivity index (χ1v) is 7.95. The van der Waals surface area contributed by atoms with Gasteiger partial charge in [0.1, 0.15) is 0 Å². The molecule has 2 heteroatoms. The maximum atomic E-state index is 2.35. The summed E-state index contributed by atoms with van der Waals surface area (Å²) in [4.78, 5) is 3.71. The average molecular weight is 282 g/mol. The Labute approximate surface area is 124 Å². The quantitative estimate of drug-likeness (QED) is 0.627. The third-order valence-electron chi connectivity index (χ3n) is 2.65. The van der Waals surface area contributed by atoms with E-state index in [1.165, 1.54) is 10.6 Å². The van der Waals surface area contributed by atoms with Crippen LogP contribution in [0, 0.1) is 0 Å². The second kappa shape index (κ2) is 7.23. The van der Waals surface area contributed by atoms with Crippen LogP contribution in [0.2, 0.25) is 0 Å². The smallest absolute Gasteiger partial charge is 0.0506 e. The van der Waals surface area contributed by atoms with Crippen LogP contribution in [0.25, 0.3) is 0 Å². The number of anilines is 1. The van der Waals surface area contributed by atoms with Gasteiger partial charge in [-0.2, -0.15) is 0 Å². The summed E-state index contributed by atoms with van der Waals surface area (Å²) in [6.45, 7) is 17.5. The molecule has 0 spiro atoms. The first-order valence-electron chi connectivity index (χ1n) is 7.13. The van der Waals surface area contributed by atoms with Gasteiger partial charge in [-0.15, -0.1) is 11.8 Å². The van der Waals surface area contributed by atoms with Crippen molar-refractivity contribution in [3.63, 3.8) is 0 Å². The molecular formula is C17H31NS. The fourth-order valence-corrected chi connectivity index (χ4v) is 2.63. The minimum absolute atomic E-state index is 0.147. The number of para-hydroxylation sites is 1. The molecule has 0 bridgehead atoms. The molecular weight excluding hydrogens is 250 g/mol. The first-order chi connectivity index (χ1) is 8.61. The van der Waals surface area contributed by atoms with Crippen molar-refractivity contribution in [2.75, 3.05) is 11.9 Å². The molecule has 19 heavy (non-hydrogen) atoms. The lowest BCUT2D eigenvalue weighted by Crippen LogP contribution is -2.38. The summed E-state index contributed by atoms with van der Waals surface area (Å²) in [6, 6.07) is 8.66. The zero-order chi connectivity index (χ0) is 15.3. The fraction of sp³-hybridized carbons (Fsp3) is 0.647. The molecule has 0 aliphatic carbocycles. The minimum atomic E-state index is 0.147. The van der Waals surface area contributed by atoms with Crippen LogP contribution >= 0.6 is 11.8 Å². The van der Waals surface area contributed by atoms with Crippen molar-refractivity contribution in [1.82, 2.24) is 0 Å². The molecule has 0 radical (unpaired) electrons. The van der Waals surface area contributed by atoms with Crippen LogP contribution in [0.4, 0.5) is 5.69 Å². The molecule has 1 aromatic rings. The van der Waals surface area contributed by atoms with E-state index in [9.17, 15) is 0 Å². The monoisotopic (exact) mass is 281 g/mol.